The third-order valence-electron chi connectivity index (χ3n) is 5.25. The Labute approximate surface area is 165 Å². The number of hydrogen-bond acceptors (Lipinski definition) is 5. The summed E-state index contributed by atoms with van der Waals surface area (Å²) in [6.45, 7) is 8.77. The Morgan fingerprint density at radius 3 is 2.54 bits per heavy atom. The molecule has 0 radical (unpaired) electrons. The molecule has 8 heteroatoms. The van der Waals surface area contributed by atoms with Crippen LogP contribution in [0.25, 0.3) is 0 Å². The van der Waals surface area contributed by atoms with E-state index >= 15 is 0 Å². The maximum Gasteiger partial charge on any atom is 0.251 e. The highest BCUT2D eigenvalue weighted by Crippen LogP contribution is 2.19. The minimum absolute atomic E-state index is 0.0154. The Bertz CT molecular complexity index is 786. The van der Waals surface area contributed by atoms with Gasteiger partial charge in [-0.3, -0.25) is 9.59 Å². The van der Waals surface area contributed by atoms with Crippen molar-refractivity contribution >= 4 is 17.5 Å². The lowest BCUT2D eigenvalue weighted by molar-refractivity contribution is -0.132. The van der Waals surface area contributed by atoms with E-state index in [2.05, 4.69) is 34.1 Å². The molecule has 0 bridgehead atoms. The molecule has 1 fully saturated rings. The van der Waals surface area contributed by atoms with E-state index in [0.29, 0.717) is 12.1 Å². The molecule has 1 aliphatic rings. The molecule has 2 unspecified atom stereocenters. The lowest BCUT2D eigenvalue weighted by Crippen LogP contribution is -2.40. The summed E-state index contributed by atoms with van der Waals surface area (Å²) < 4.78 is 1.51. The fourth-order valence-electron chi connectivity index (χ4n) is 3.71. The largest absolute Gasteiger partial charge is 0.372 e. The maximum atomic E-state index is 12.6. The lowest BCUT2D eigenvalue weighted by Gasteiger charge is -2.21. The second-order valence-electron chi connectivity index (χ2n) is 7.11. The summed E-state index contributed by atoms with van der Waals surface area (Å²) in [5, 5.41) is 7.04. The second-order valence-corrected chi connectivity index (χ2v) is 7.11. The number of benzene rings is 1. The number of rotatable bonds is 7. The molecule has 2 heterocycles. The van der Waals surface area contributed by atoms with Crippen LogP contribution in [0.15, 0.2) is 36.9 Å². The van der Waals surface area contributed by atoms with Gasteiger partial charge in [-0.25, -0.2) is 9.67 Å². The summed E-state index contributed by atoms with van der Waals surface area (Å²) in [6, 6.07) is 7.69. The zero-order chi connectivity index (χ0) is 20.1. The zero-order valence-electron chi connectivity index (χ0n) is 16.7. The average molecular weight is 384 g/mol. The highest BCUT2D eigenvalue weighted by atomic mass is 16.2. The molecule has 0 spiro atoms. The average Bonchev–Trinajstić information content (AvgIpc) is 3.32. The Hall–Kier alpha value is -2.90. The SMILES string of the molecule is CCN(CC)c1ccc(C(=O)NC2CC(C)N(C(=O)Cn3cncn3)C2)cc1. The predicted molar refractivity (Wildman–Crippen MR) is 107 cm³/mol. The molecule has 0 aliphatic carbocycles. The van der Waals surface area contributed by atoms with Crippen molar-refractivity contribution in [2.24, 2.45) is 0 Å². The summed E-state index contributed by atoms with van der Waals surface area (Å²) in [6.07, 6.45) is 3.68. The van der Waals surface area contributed by atoms with E-state index in [1.165, 1.54) is 17.3 Å². The summed E-state index contributed by atoms with van der Waals surface area (Å²) in [7, 11) is 0. The zero-order valence-corrected chi connectivity index (χ0v) is 16.7. The van der Waals surface area contributed by atoms with Gasteiger partial charge in [-0.15, -0.1) is 0 Å². The summed E-state index contributed by atoms with van der Waals surface area (Å²) in [4.78, 5) is 33.0. The number of hydrogen-bond donors (Lipinski definition) is 1. The van der Waals surface area contributed by atoms with Crippen molar-refractivity contribution < 1.29 is 9.59 Å². The van der Waals surface area contributed by atoms with Gasteiger partial charge in [0.15, 0.2) is 0 Å². The number of anilines is 1. The van der Waals surface area contributed by atoms with Crippen LogP contribution in [0.1, 0.15) is 37.6 Å². The third-order valence-corrected chi connectivity index (χ3v) is 5.25. The van der Waals surface area contributed by atoms with Gasteiger partial charge in [-0.05, 0) is 51.5 Å². The maximum absolute atomic E-state index is 12.6. The first-order valence-corrected chi connectivity index (χ1v) is 9.79. The van der Waals surface area contributed by atoms with Crippen LogP contribution in [0, 0.1) is 0 Å². The van der Waals surface area contributed by atoms with E-state index in [0.717, 1.165) is 25.2 Å². The van der Waals surface area contributed by atoms with Crippen LogP contribution in [-0.2, 0) is 11.3 Å². The lowest BCUT2D eigenvalue weighted by atomic mass is 10.1. The molecule has 2 atom stereocenters. The van der Waals surface area contributed by atoms with Gasteiger partial charge in [0.1, 0.15) is 19.2 Å². The van der Waals surface area contributed by atoms with Crippen molar-refractivity contribution in [1.82, 2.24) is 25.0 Å². The van der Waals surface area contributed by atoms with E-state index in [9.17, 15) is 9.59 Å². The van der Waals surface area contributed by atoms with Gasteiger partial charge in [-0.1, -0.05) is 0 Å². The van der Waals surface area contributed by atoms with Gasteiger partial charge in [0.05, 0.1) is 0 Å². The number of amides is 2. The molecule has 2 amide bonds. The van der Waals surface area contributed by atoms with Crippen molar-refractivity contribution in [3.05, 3.63) is 42.5 Å². The standard InChI is InChI=1S/C20H28N6O2/c1-4-24(5-2)18-8-6-16(7-9-18)20(28)23-17-10-15(3)26(11-17)19(27)12-25-14-21-13-22-25/h6-9,13-15,17H,4-5,10-12H2,1-3H3,(H,23,28). The Morgan fingerprint density at radius 1 is 1.21 bits per heavy atom. The van der Waals surface area contributed by atoms with Crippen molar-refractivity contribution in [3.63, 3.8) is 0 Å². The normalized spacial score (nSPS) is 18.9. The van der Waals surface area contributed by atoms with E-state index in [1.807, 2.05) is 31.2 Å². The number of nitrogens with zero attached hydrogens (tertiary/aromatic N) is 5. The van der Waals surface area contributed by atoms with E-state index < -0.39 is 0 Å². The van der Waals surface area contributed by atoms with Gasteiger partial charge in [0.25, 0.3) is 5.91 Å². The van der Waals surface area contributed by atoms with Gasteiger partial charge >= 0.3 is 0 Å². The number of aromatic nitrogens is 3. The monoisotopic (exact) mass is 384 g/mol. The van der Waals surface area contributed by atoms with Crippen molar-refractivity contribution in [2.45, 2.75) is 45.8 Å². The molecule has 8 nitrogen and oxygen atoms in total. The number of nitrogens with one attached hydrogen (secondary N) is 1. The molecule has 1 saturated heterocycles. The van der Waals surface area contributed by atoms with Crippen molar-refractivity contribution in [3.8, 4) is 0 Å². The molecule has 1 aliphatic heterocycles. The molecule has 150 valence electrons. The van der Waals surface area contributed by atoms with Crippen LogP contribution in [0.4, 0.5) is 5.69 Å². The fourth-order valence-corrected chi connectivity index (χ4v) is 3.71. The number of likely N-dealkylation sites (tertiary alicyclic amines) is 1. The highest BCUT2D eigenvalue weighted by molar-refractivity contribution is 5.94. The Kier molecular flexibility index (Phi) is 6.28. The van der Waals surface area contributed by atoms with Crippen LogP contribution in [0.5, 0.6) is 0 Å². The minimum atomic E-state index is -0.103. The van der Waals surface area contributed by atoms with Crippen molar-refractivity contribution in [2.75, 3.05) is 24.5 Å². The number of carbonyl (C=O) groups excluding carboxylic acids is 2. The number of carbonyl (C=O) groups is 2. The molecule has 0 saturated carbocycles. The molecule has 2 aromatic rings. The van der Waals surface area contributed by atoms with Gasteiger partial charge in [0.2, 0.25) is 5.91 Å². The van der Waals surface area contributed by atoms with Crippen LogP contribution in [0.3, 0.4) is 0 Å². The van der Waals surface area contributed by atoms with E-state index in [-0.39, 0.29) is 30.4 Å². The molecule has 28 heavy (non-hydrogen) atoms. The summed E-state index contributed by atoms with van der Waals surface area (Å²) in [5.41, 5.74) is 1.75. The molecule has 1 aromatic carbocycles. The van der Waals surface area contributed by atoms with Gasteiger partial charge in [-0.2, -0.15) is 5.10 Å². The molecule has 1 aromatic heterocycles. The Balaban J connectivity index is 1.56. The summed E-state index contributed by atoms with van der Waals surface area (Å²) >= 11 is 0. The van der Waals surface area contributed by atoms with E-state index in [1.54, 1.807) is 4.90 Å². The topological polar surface area (TPSA) is 83.4 Å². The van der Waals surface area contributed by atoms with Gasteiger partial charge < -0.3 is 15.1 Å². The molecular weight excluding hydrogens is 356 g/mol. The van der Waals surface area contributed by atoms with E-state index in [4.69, 9.17) is 0 Å². The van der Waals surface area contributed by atoms with Crippen LogP contribution in [0.2, 0.25) is 0 Å². The Morgan fingerprint density at radius 2 is 1.93 bits per heavy atom. The van der Waals surface area contributed by atoms with Gasteiger partial charge in [0, 0.05) is 43.0 Å². The van der Waals surface area contributed by atoms with Crippen LogP contribution >= 0.6 is 0 Å². The van der Waals surface area contributed by atoms with Crippen LogP contribution in [-0.4, -0.2) is 63.2 Å². The minimum Gasteiger partial charge on any atom is -0.372 e. The third kappa shape index (κ3) is 4.49. The smallest absolute Gasteiger partial charge is 0.251 e. The molecule has 3 rings (SSSR count). The predicted octanol–water partition coefficient (Wildman–Crippen LogP) is 1.54. The quantitative estimate of drug-likeness (QED) is 0.783. The highest BCUT2D eigenvalue weighted by Gasteiger charge is 2.33. The first kappa shape index (κ1) is 19.9. The second kappa shape index (κ2) is 8.86. The fraction of sp³-hybridized carbons (Fsp3) is 0.500. The van der Waals surface area contributed by atoms with Crippen molar-refractivity contribution in [1.29, 1.82) is 0 Å². The van der Waals surface area contributed by atoms with Crippen LogP contribution < -0.4 is 10.2 Å². The first-order chi connectivity index (χ1) is 13.5. The molecule has 1 N–H and O–H groups in total. The summed E-state index contributed by atoms with van der Waals surface area (Å²) in [5.74, 6) is -0.118. The first-order valence-electron chi connectivity index (χ1n) is 9.79. The molecular formula is C20H28N6O2.